The minimum atomic E-state index is -0.297. The lowest BCUT2D eigenvalue weighted by Crippen LogP contribution is -2.52. The van der Waals surface area contributed by atoms with Crippen molar-refractivity contribution in [2.24, 2.45) is 0 Å². The van der Waals surface area contributed by atoms with Gasteiger partial charge >= 0.3 is 0 Å². The van der Waals surface area contributed by atoms with Crippen molar-refractivity contribution < 1.29 is 14.3 Å². The van der Waals surface area contributed by atoms with E-state index in [0.29, 0.717) is 19.6 Å². The molecule has 122 valence electrons. The molecule has 1 rings (SSSR count). The molecule has 0 saturated carbocycles. The normalized spacial score (nSPS) is 16.9. The third-order valence-corrected chi connectivity index (χ3v) is 3.29. The van der Waals surface area contributed by atoms with Gasteiger partial charge in [0.05, 0.1) is 12.1 Å². The number of hydrogen-bond donors (Lipinski definition) is 1. The summed E-state index contributed by atoms with van der Waals surface area (Å²) in [6, 6.07) is 0. The fourth-order valence-corrected chi connectivity index (χ4v) is 2.05. The molecule has 1 aliphatic heterocycles. The lowest BCUT2D eigenvalue weighted by molar-refractivity contribution is -0.142. The molecule has 6 nitrogen and oxygen atoms in total. The fourth-order valence-electron chi connectivity index (χ4n) is 2.05. The molecule has 0 spiro atoms. The third-order valence-electron chi connectivity index (χ3n) is 3.29. The Labute approximate surface area is 127 Å². The van der Waals surface area contributed by atoms with Crippen LogP contribution in [-0.4, -0.2) is 73.1 Å². The number of nitrogens with zero attached hydrogens (tertiary/aromatic N) is 2. The van der Waals surface area contributed by atoms with Crippen molar-refractivity contribution in [3.05, 3.63) is 0 Å². The van der Waals surface area contributed by atoms with Gasteiger partial charge in [0.25, 0.3) is 0 Å². The molecule has 0 unspecified atom stereocenters. The summed E-state index contributed by atoms with van der Waals surface area (Å²) in [5.41, 5.74) is -0.297. The van der Waals surface area contributed by atoms with Gasteiger partial charge in [-0.05, 0) is 27.2 Å². The van der Waals surface area contributed by atoms with Gasteiger partial charge in [-0.15, -0.1) is 0 Å². The van der Waals surface area contributed by atoms with Gasteiger partial charge in [0.15, 0.2) is 0 Å². The van der Waals surface area contributed by atoms with Crippen molar-refractivity contribution in [1.29, 1.82) is 0 Å². The Kier molecular flexibility index (Phi) is 7.11. The smallest absolute Gasteiger partial charge is 0.248 e. The first-order valence-corrected chi connectivity index (χ1v) is 7.72. The van der Waals surface area contributed by atoms with E-state index in [0.717, 1.165) is 26.1 Å². The van der Waals surface area contributed by atoms with Crippen LogP contribution in [0.15, 0.2) is 0 Å². The maximum atomic E-state index is 12.0. The van der Waals surface area contributed by atoms with E-state index in [1.165, 1.54) is 0 Å². The standard InChI is InChI=1S/C15H29N3O3/c1-5-6-16-13(19)11-17-7-9-18(10-8-17)14(20)12-21-15(2,3)4/h5-12H2,1-4H3,(H,16,19). The number of carbonyl (C=O) groups is 2. The number of hydrogen-bond acceptors (Lipinski definition) is 4. The topological polar surface area (TPSA) is 61.9 Å². The van der Waals surface area contributed by atoms with Gasteiger partial charge in [0, 0.05) is 32.7 Å². The van der Waals surface area contributed by atoms with Crippen LogP contribution in [0.1, 0.15) is 34.1 Å². The Bertz CT molecular complexity index is 345. The van der Waals surface area contributed by atoms with Crippen LogP contribution in [0, 0.1) is 0 Å². The maximum absolute atomic E-state index is 12.0. The minimum absolute atomic E-state index is 0.0278. The molecule has 0 aromatic carbocycles. The molecule has 6 heteroatoms. The van der Waals surface area contributed by atoms with Crippen LogP contribution >= 0.6 is 0 Å². The quantitative estimate of drug-likeness (QED) is 0.774. The zero-order valence-electron chi connectivity index (χ0n) is 13.8. The van der Waals surface area contributed by atoms with E-state index >= 15 is 0 Å². The fraction of sp³-hybridized carbons (Fsp3) is 0.867. The molecule has 1 aliphatic rings. The summed E-state index contributed by atoms with van der Waals surface area (Å²) in [6.45, 7) is 11.9. The molecule has 21 heavy (non-hydrogen) atoms. The van der Waals surface area contributed by atoms with Gasteiger partial charge in [-0.25, -0.2) is 0 Å². The summed E-state index contributed by atoms with van der Waals surface area (Å²) in [5.74, 6) is 0.0905. The molecule has 0 atom stereocenters. The molecule has 0 bridgehead atoms. The number of carbonyl (C=O) groups excluding carboxylic acids is 2. The van der Waals surface area contributed by atoms with Crippen LogP contribution in [0.25, 0.3) is 0 Å². The van der Waals surface area contributed by atoms with Crippen LogP contribution in [0.5, 0.6) is 0 Å². The number of amides is 2. The van der Waals surface area contributed by atoms with Crippen molar-refractivity contribution in [2.75, 3.05) is 45.9 Å². The summed E-state index contributed by atoms with van der Waals surface area (Å²) in [5, 5.41) is 2.87. The summed E-state index contributed by atoms with van der Waals surface area (Å²) in [7, 11) is 0. The Hall–Kier alpha value is -1.14. The van der Waals surface area contributed by atoms with Crippen molar-refractivity contribution in [3.8, 4) is 0 Å². The van der Waals surface area contributed by atoms with Crippen molar-refractivity contribution in [2.45, 2.75) is 39.7 Å². The second-order valence-electron chi connectivity index (χ2n) is 6.41. The second kappa shape index (κ2) is 8.34. The van der Waals surface area contributed by atoms with Crippen LogP contribution in [0.3, 0.4) is 0 Å². The Morgan fingerprint density at radius 2 is 1.76 bits per heavy atom. The molecule has 1 fully saturated rings. The number of piperazine rings is 1. The maximum Gasteiger partial charge on any atom is 0.248 e. The molecular formula is C15H29N3O3. The molecule has 0 aromatic heterocycles. The molecule has 0 aliphatic carbocycles. The van der Waals surface area contributed by atoms with Gasteiger partial charge in [0.1, 0.15) is 6.61 Å². The van der Waals surface area contributed by atoms with Crippen molar-refractivity contribution in [3.63, 3.8) is 0 Å². The average Bonchev–Trinajstić information content (AvgIpc) is 2.42. The van der Waals surface area contributed by atoms with Gasteiger partial charge < -0.3 is 15.0 Å². The highest BCUT2D eigenvalue weighted by molar-refractivity contribution is 5.78. The van der Waals surface area contributed by atoms with E-state index in [1.54, 1.807) is 0 Å². The van der Waals surface area contributed by atoms with Crippen molar-refractivity contribution in [1.82, 2.24) is 15.1 Å². The number of ether oxygens (including phenoxy) is 1. The molecule has 0 aromatic rings. The SMILES string of the molecule is CCCNC(=O)CN1CCN(C(=O)COC(C)(C)C)CC1. The molecular weight excluding hydrogens is 270 g/mol. The first-order valence-electron chi connectivity index (χ1n) is 7.72. The Morgan fingerprint density at radius 1 is 1.14 bits per heavy atom. The zero-order valence-corrected chi connectivity index (χ0v) is 13.8. The van der Waals surface area contributed by atoms with Gasteiger partial charge in [-0.3, -0.25) is 14.5 Å². The molecule has 0 radical (unpaired) electrons. The van der Waals surface area contributed by atoms with Gasteiger partial charge in [-0.2, -0.15) is 0 Å². The van der Waals surface area contributed by atoms with Gasteiger partial charge in [-0.1, -0.05) is 6.92 Å². The Morgan fingerprint density at radius 3 is 2.29 bits per heavy atom. The van der Waals surface area contributed by atoms with E-state index in [4.69, 9.17) is 4.74 Å². The Balaban J connectivity index is 2.25. The second-order valence-corrected chi connectivity index (χ2v) is 6.41. The lowest BCUT2D eigenvalue weighted by atomic mass is 10.2. The van der Waals surface area contributed by atoms with Crippen molar-refractivity contribution >= 4 is 11.8 Å². The summed E-state index contributed by atoms with van der Waals surface area (Å²) >= 11 is 0. The van der Waals surface area contributed by atoms with E-state index in [2.05, 4.69) is 10.2 Å². The van der Waals surface area contributed by atoms with E-state index < -0.39 is 0 Å². The number of rotatable bonds is 6. The van der Waals surface area contributed by atoms with E-state index in [1.807, 2.05) is 32.6 Å². The highest BCUT2D eigenvalue weighted by Gasteiger charge is 2.23. The molecule has 1 N–H and O–H groups in total. The monoisotopic (exact) mass is 299 g/mol. The predicted octanol–water partition coefficient (Wildman–Crippen LogP) is 0.472. The summed E-state index contributed by atoms with van der Waals surface area (Å²) in [4.78, 5) is 27.6. The minimum Gasteiger partial charge on any atom is -0.366 e. The average molecular weight is 299 g/mol. The van der Waals surface area contributed by atoms with Crippen LogP contribution in [-0.2, 0) is 14.3 Å². The largest absolute Gasteiger partial charge is 0.366 e. The first kappa shape index (κ1) is 17.9. The van der Waals surface area contributed by atoms with E-state index in [-0.39, 0.29) is 24.0 Å². The molecule has 1 heterocycles. The zero-order chi connectivity index (χ0) is 15.9. The van der Waals surface area contributed by atoms with Crippen LogP contribution in [0.4, 0.5) is 0 Å². The summed E-state index contributed by atoms with van der Waals surface area (Å²) in [6.07, 6.45) is 0.946. The van der Waals surface area contributed by atoms with Crippen LogP contribution in [0.2, 0.25) is 0 Å². The lowest BCUT2D eigenvalue weighted by Gasteiger charge is -2.34. The third kappa shape index (κ3) is 7.43. The molecule has 2 amide bonds. The van der Waals surface area contributed by atoms with Crippen LogP contribution < -0.4 is 5.32 Å². The van der Waals surface area contributed by atoms with E-state index in [9.17, 15) is 9.59 Å². The highest BCUT2D eigenvalue weighted by atomic mass is 16.5. The predicted molar refractivity (Wildman–Crippen MR) is 82.0 cm³/mol. The molecule has 1 saturated heterocycles. The number of nitrogens with one attached hydrogen (secondary N) is 1. The first-order chi connectivity index (χ1) is 9.81. The summed E-state index contributed by atoms with van der Waals surface area (Å²) < 4.78 is 5.51. The van der Waals surface area contributed by atoms with Gasteiger partial charge in [0.2, 0.25) is 11.8 Å². The highest BCUT2D eigenvalue weighted by Crippen LogP contribution is 2.08.